The van der Waals surface area contributed by atoms with E-state index in [2.05, 4.69) is 41.2 Å². The molecule has 0 saturated heterocycles. The molecule has 0 fully saturated rings. The maximum Gasteiger partial charge on any atom is 0.234 e. The van der Waals surface area contributed by atoms with Crippen LogP contribution >= 0.6 is 23.1 Å². The predicted molar refractivity (Wildman–Crippen MR) is 118 cm³/mol. The normalized spacial score (nSPS) is 10.8. The topological polar surface area (TPSA) is 63.1 Å². The number of carbonyl (C=O) groups excluding carboxylic acids is 1. The van der Waals surface area contributed by atoms with Gasteiger partial charge in [0.1, 0.15) is 0 Å². The summed E-state index contributed by atoms with van der Waals surface area (Å²) in [5.41, 5.74) is 1.97. The Balaban J connectivity index is 1.59. The van der Waals surface area contributed by atoms with Crippen molar-refractivity contribution in [2.45, 2.75) is 32.5 Å². The molecule has 8 heteroatoms. The molecule has 6 nitrogen and oxygen atoms in total. The molecule has 0 aliphatic heterocycles. The molecule has 0 saturated carbocycles. The number of hydrogen-bond donors (Lipinski definition) is 1. The molecular weight excluding hydrogens is 390 g/mol. The van der Waals surface area contributed by atoms with E-state index in [1.807, 2.05) is 46.3 Å². The first-order valence-electron chi connectivity index (χ1n) is 9.41. The van der Waals surface area contributed by atoms with E-state index in [-0.39, 0.29) is 5.91 Å². The van der Waals surface area contributed by atoms with Crippen molar-refractivity contribution in [2.75, 3.05) is 29.1 Å². The molecule has 0 radical (unpaired) electrons. The van der Waals surface area contributed by atoms with Crippen molar-refractivity contribution in [2.24, 2.45) is 0 Å². The summed E-state index contributed by atoms with van der Waals surface area (Å²) in [4.78, 5) is 15.7. The first-order valence-corrected chi connectivity index (χ1v) is 11.3. The van der Waals surface area contributed by atoms with Crippen molar-refractivity contribution in [1.29, 1.82) is 0 Å². The second-order valence-electron chi connectivity index (χ2n) is 6.08. The van der Waals surface area contributed by atoms with E-state index in [0.717, 1.165) is 46.9 Å². The Bertz CT molecular complexity index is 886. The number of thioether (sulfide) groups is 1. The van der Waals surface area contributed by atoms with Gasteiger partial charge in [-0.15, -0.1) is 21.5 Å². The Hall–Kier alpha value is -2.32. The van der Waals surface area contributed by atoms with Crippen LogP contribution in [-0.4, -0.2) is 39.5 Å². The van der Waals surface area contributed by atoms with Crippen LogP contribution in [0, 0.1) is 0 Å². The van der Waals surface area contributed by atoms with Crippen LogP contribution < -0.4 is 10.2 Å². The van der Waals surface area contributed by atoms with E-state index in [1.54, 1.807) is 11.3 Å². The molecule has 3 aromatic rings. The van der Waals surface area contributed by atoms with Gasteiger partial charge in [0.15, 0.2) is 11.0 Å². The zero-order valence-electron chi connectivity index (χ0n) is 16.4. The van der Waals surface area contributed by atoms with Gasteiger partial charge >= 0.3 is 0 Å². The van der Waals surface area contributed by atoms with Crippen LogP contribution in [0.15, 0.2) is 46.9 Å². The minimum atomic E-state index is -0.0519. The van der Waals surface area contributed by atoms with E-state index in [4.69, 9.17) is 0 Å². The third kappa shape index (κ3) is 4.74. The van der Waals surface area contributed by atoms with Gasteiger partial charge in [0.05, 0.1) is 10.6 Å². The van der Waals surface area contributed by atoms with Gasteiger partial charge in [0, 0.05) is 31.0 Å². The molecule has 1 aromatic carbocycles. The number of thiophene rings is 1. The average Bonchev–Trinajstić information content (AvgIpc) is 3.37. The Morgan fingerprint density at radius 2 is 1.89 bits per heavy atom. The minimum Gasteiger partial charge on any atom is -0.372 e. The summed E-state index contributed by atoms with van der Waals surface area (Å²) in [5.74, 6) is 1.09. The quantitative estimate of drug-likeness (QED) is 0.517. The van der Waals surface area contributed by atoms with E-state index in [1.165, 1.54) is 11.8 Å². The molecule has 2 aromatic heterocycles. The van der Waals surface area contributed by atoms with Gasteiger partial charge in [0.2, 0.25) is 5.91 Å². The maximum atomic E-state index is 12.4. The molecule has 0 unspecified atom stereocenters. The average molecular weight is 416 g/mol. The molecule has 1 amide bonds. The maximum absolute atomic E-state index is 12.4. The Morgan fingerprint density at radius 1 is 1.14 bits per heavy atom. The molecule has 0 spiro atoms. The Kier molecular flexibility index (Phi) is 7.11. The Labute approximate surface area is 174 Å². The van der Waals surface area contributed by atoms with Gasteiger partial charge in [-0.3, -0.25) is 4.79 Å². The largest absolute Gasteiger partial charge is 0.372 e. The van der Waals surface area contributed by atoms with Crippen molar-refractivity contribution in [3.8, 4) is 10.7 Å². The lowest BCUT2D eigenvalue weighted by Gasteiger charge is -2.21. The number of aromatic nitrogens is 3. The minimum absolute atomic E-state index is 0.0519. The molecule has 2 heterocycles. The summed E-state index contributed by atoms with van der Waals surface area (Å²) < 4.78 is 2.04. The van der Waals surface area contributed by atoms with Crippen molar-refractivity contribution in [3.63, 3.8) is 0 Å². The summed E-state index contributed by atoms with van der Waals surface area (Å²) >= 11 is 3.04. The molecule has 0 bridgehead atoms. The smallest absolute Gasteiger partial charge is 0.234 e. The van der Waals surface area contributed by atoms with Crippen LogP contribution in [0.1, 0.15) is 20.8 Å². The fraction of sp³-hybridized carbons (Fsp3) is 0.350. The first-order chi connectivity index (χ1) is 13.7. The predicted octanol–water partition coefficient (Wildman–Crippen LogP) is 4.60. The summed E-state index contributed by atoms with van der Waals surface area (Å²) in [5, 5.41) is 14.3. The van der Waals surface area contributed by atoms with Gasteiger partial charge in [0.25, 0.3) is 0 Å². The number of nitrogens with one attached hydrogen (secondary N) is 1. The van der Waals surface area contributed by atoms with Crippen molar-refractivity contribution < 1.29 is 4.79 Å². The summed E-state index contributed by atoms with van der Waals surface area (Å²) in [6, 6.07) is 12.0. The Morgan fingerprint density at radius 3 is 2.50 bits per heavy atom. The lowest BCUT2D eigenvalue weighted by molar-refractivity contribution is -0.113. The lowest BCUT2D eigenvalue weighted by atomic mass is 10.2. The number of carbonyl (C=O) groups is 1. The highest BCUT2D eigenvalue weighted by molar-refractivity contribution is 7.99. The van der Waals surface area contributed by atoms with Gasteiger partial charge in [-0.1, -0.05) is 17.8 Å². The molecule has 0 aliphatic rings. The highest BCUT2D eigenvalue weighted by atomic mass is 32.2. The summed E-state index contributed by atoms with van der Waals surface area (Å²) in [6.07, 6.45) is 0. The molecular formula is C20H25N5OS2. The van der Waals surface area contributed by atoms with Crippen LogP contribution in [-0.2, 0) is 11.3 Å². The van der Waals surface area contributed by atoms with Gasteiger partial charge in [-0.2, -0.15) is 0 Å². The van der Waals surface area contributed by atoms with Crippen molar-refractivity contribution >= 4 is 40.4 Å². The molecule has 0 aliphatic carbocycles. The fourth-order valence-electron chi connectivity index (χ4n) is 2.94. The lowest BCUT2D eigenvalue weighted by Crippen LogP contribution is -2.21. The summed E-state index contributed by atoms with van der Waals surface area (Å²) in [6.45, 7) is 9.01. The van der Waals surface area contributed by atoms with Gasteiger partial charge < -0.3 is 14.8 Å². The van der Waals surface area contributed by atoms with Crippen LogP contribution in [0.3, 0.4) is 0 Å². The van der Waals surface area contributed by atoms with Crippen LogP contribution in [0.5, 0.6) is 0 Å². The molecule has 1 N–H and O–H groups in total. The van der Waals surface area contributed by atoms with Gasteiger partial charge in [-0.05, 0) is 56.5 Å². The molecule has 3 rings (SSSR count). The van der Waals surface area contributed by atoms with Crippen LogP contribution in [0.4, 0.5) is 11.4 Å². The summed E-state index contributed by atoms with van der Waals surface area (Å²) in [7, 11) is 0. The third-order valence-corrected chi connectivity index (χ3v) is 6.22. The van der Waals surface area contributed by atoms with Crippen molar-refractivity contribution in [1.82, 2.24) is 14.8 Å². The number of rotatable bonds is 9. The highest BCUT2D eigenvalue weighted by Gasteiger charge is 2.15. The number of hydrogen-bond acceptors (Lipinski definition) is 6. The van der Waals surface area contributed by atoms with Crippen LogP contribution in [0.2, 0.25) is 0 Å². The zero-order valence-corrected chi connectivity index (χ0v) is 18.0. The number of amides is 1. The second kappa shape index (κ2) is 9.75. The van der Waals surface area contributed by atoms with E-state index < -0.39 is 0 Å². The number of anilines is 2. The number of nitrogens with zero attached hydrogens (tertiary/aromatic N) is 4. The van der Waals surface area contributed by atoms with Crippen LogP contribution in [0.25, 0.3) is 10.7 Å². The second-order valence-corrected chi connectivity index (χ2v) is 7.97. The molecule has 0 atom stereocenters. The zero-order chi connectivity index (χ0) is 19.9. The van der Waals surface area contributed by atoms with Gasteiger partial charge in [-0.25, -0.2) is 0 Å². The number of benzene rings is 1. The SMILES string of the molecule is CCN(CC)c1ccc(NC(=O)CSc2nnc(-c3cccs3)n2CC)cc1. The monoisotopic (exact) mass is 415 g/mol. The molecule has 148 valence electrons. The van der Waals surface area contributed by atoms with Crippen molar-refractivity contribution in [3.05, 3.63) is 41.8 Å². The van der Waals surface area contributed by atoms with E-state index in [9.17, 15) is 4.79 Å². The standard InChI is InChI=1S/C20H25N5OS2/c1-4-24(5-2)16-11-9-15(10-12-16)21-18(26)14-28-20-23-22-19(25(20)6-3)17-8-7-13-27-17/h7-13H,4-6,14H2,1-3H3,(H,21,26). The third-order valence-electron chi connectivity index (χ3n) is 4.39. The molecule has 28 heavy (non-hydrogen) atoms. The van der Waals surface area contributed by atoms with E-state index >= 15 is 0 Å². The van der Waals surface area contributed by atoms with E-state index in [0.29, 0.717) is 5.75 Å². The first kappa shape index (κ1) is 20.4. The fourth-order valence-corrected chi connectivity index (χ4v) is 4.46. The highest BCUT2D eigenvalue weighted by Crippen LogP contribution is 2.27.